The summed E-state index contributed by atoms with van der Waals surface area (Å²) in [5.74, 6) is -1.27. The van der Waals surface area contributed by atoms with Gasteiger partial charge in [0, 0.05) is 11.3 Å². The van der Waals surface area contributed by atoms with Gasteiger partial charge in [0.2, 0.25) is 5.91 Å². The molecule has 0 bridgehead atoms. The molecular formula is C18H19N3O4S. The maximum Gasteiger partial charge on any atom is 0.335 e. The standard InChI is InChI=1S/C18H19N3O4S/c1-10(15(22)19-12-8-6-11(7-9-12)17(24)25)26-18-20-14-5-3-2-4-13(14)16(23)21-18/h6-10H,2-5H2,1H3,(H,19,22)(H,24,25)(H,20,21,23). The number of rotatable bonds is 5. The number of carboxylic acid groups (broad SMARTS) is 1. The highest BCUT2D eigenvalue weighted by Crippen LogP contribution is 2.23. The number of nitrogens with zero attached hydrogens (tertiary/aromatic N) is 1. The number of aromatic amines is 1. The van der Waals surface area contributed by atoms with Gasteiger partial charge in [-0.3, -0.25) is 9.59 Å². The number of carboxylic acids is 1. The molecule has 1 aromatic carbocycles. The number of anilines is 1. The van der Waals surface area contributed by atoms with Gasteiger partial charge in [0.05, 0.1) is 16.5 Å². The first kappa shape index (κ1) is 18.2. The number of aromatic nitrogens is 2. The number of benzene rings is 1. The summed E-state index contributed by atoms with van der Waals surface area (Å²) in [6.07, 6.45) is 3.58. The summed E-state index contributed by atoms with van der Waals surface area (Å²) in [7, 11) is 0. The Kier molecular flexibility index (Phi) is 5.41. The first-order valence-electron chi connectivity index (χ1n) is 8.37. The molecule has 1 amide bonds. The summed E-state index contributed by atoms with van der Waals surface area (Å²) in [6.45, 7) is 1.73. The average Bonchev–Trinajstić information content (AvgIpc) is 2.62. The van der Waals surface area contributed by atoms with E-state index in [0.717, 1.165) is 36.9 Å². The Labute approximate surface area is 154 Å². The number of H-pyrrole nitrogens is 1. The normalized spacial score (nSPS) is 14.3. The number of carbonyl (C=O) groups excluding carboxylic acids is 1. The molecular weight excluding hydrogens is 354 g/mol. The third-order valence-corrected chi connectivity index (χ3v) is 5.21. The van der Waals surface area contributed by atoms with E-state index in [9.17, 15) is 14.4 Å². The molecule has 0 saturated carbocycles. The molecule has 1 atom stereocenters. The summed E-state index contributed by atoms with van der Waals surface area (Å²) in [4.78, 5) is 42.6. The van der Waals surface area contributed by atoms with Crippen LogP contribution in [0.3, 0.4) is 0 Å². The number of aryl methyl sites for hydroxylation is 1. The number of nitrogens with one attached hydrogen (secondary N) is 2. The molecule has 0 saturated heterocycles. The second-order valence-corrected chi connectivity index (χ2v) is 7.46. The molecule has 8 heteroatoms. The van der Waals surface area contributed by atoms with Crippen LogP contribution in [-0.4, -0.2) is 32.2 Å². The van der Waals surface area contributed by atoms with Crippen molar-refractivity contribution in [1.82, 2.24) is 9.97 Å². The van der Waals surface area contributed by atoms with Gasteiger partial charge in [0.25, 0.3) is 5.56 Å². The van der Waals surface area contributed by atoms with E-state index in [-0.39, 0.29) is 17.0 Å². The fourth-order valence-electron chi connectivity index (χ4n) is 2.80. The van der Waals surface area contributed by atoms with Crippen LogP contribution < -0.4 is 10.9 Å². The van der Waals surface area contributed by atoms with Crippen molar-refractivity contribution in [1.29, 1.82) is 0 Å². The lowest BCUT2D eigenvalue weighted by Gasteiger charge is -2.16. The van der Waals surface area contributed by atoms with Crippen molar-refractivity contribution in [2.24, 2.45) is 0 Å². The van der Waals surface area contributed by atoms with Crippen LogP contribution in [0.4, 0.5) is 5.69 Å². The second-order valence-electron chi connectivity index (χ2n) is 6.14. The zero-order valence-corrected chi connectivity index (χ0v) is 15.1. The first-order valence-corrected chi connectivity index (χ1v) is 9.25. The maximum absolute atomic E-state index is 12.3. The minimum Gasteiger partial charge on any atom is -0.478 e. The SMILES string of the molecule is CC(Sc1nc2c(c(=O)[nH]1)CCCC2)C(=O)Nc1ccc(C(=O)O)cc1. The predicted molar refractivity (Wildman–Crippen MR) is 98.8 cm³/mol. The number of hydrogen-bond donors (Lipinski definition) is 3. The molecule has 0 radical (unpaired) electrons. The van der Waals surface area contributed by atoms with Crippen LogP contribution in [0, 0.1) is 0 Å². The van der Waals surface area contributed by atoms with Crippen LogP contribution in [0.5, 0.6) is 0 Å². The van der Waals surface area contributed by atoms with Gasteiger partial charge < -0.3 is 15.4 Å². The van der Waals surface area contributed by atoms with Crippen molar-refractivity contribution in [3.63, 3.8) is 0 Å². The minimum absolute atomic E-state index is 0.117. The second kappa shape index (κ2) is 7.74. The highest BCUT2D eigenvalue weighted by atomic mass is 32.2. The van der Waals surface area contributed by atoms with Crippen LogP contribution in [0.25, 0.3) is 0 Å². The van der Waals surface area contributed by atoms with Gasteiger partial charge in [-0.2, -0.15) is 0 Å². The van der Waals surface area contributed by atoms with E-state index in [1.165, 1.54) is 36.0 Å². The molecule has 3 rings (SSSR count). The fourth-order valence-corrected chi connectivity index (χ4v) is 3.61. The van der Waals surface area contributed by atoms with Crippen LogP contribution in [-0.2, 0) is 17.6 Å². The Balaban J connectivity index is 1.66. The lowest BCUT2D eigenvalue weighted by atomic mass is 9.97. The molecule has 1 aromatic heterocycles. The van der Waals surface area contributed by atoms with E-state index < -0.39 is 11.2 Å². The van der Waals surface area contributed by atoms with E-state index in [0.29, 0.717) is 10.8 Å². The third kappa shape index (κ3) is 4.13. The Hall–Kier alpha value is -2.61. The molecule has 3 N–H and O–H groups in total. The molecule has 1 aliphatic carbocycles. The van der Waals surface area contributed by atoms with Crippen LogP contribution in [0.1, 0.15) is 41.4 Å². The molecule has 0 spiro atoms. The highest BCUT2D eigenvalue weighted by molar-refractivity contribution is 8.00. The van der Waals surface area contributed by atoms with Crippen LogP contribution in [0.2, 0.25) is 0 Å². The van der Waals surface area contributed by atoms with E-state index in [2.05, 4.69) is 15.3 Å². The zero-order chi connectivity index (χ0) is 18.7. The average molecular weight is 373 g/mol. The highest BCUT2D eigenvalue weighted by Gasteiger charge is 2.20. The molecule has 1 heterocycles. The Morgan fingerprint density at radius 2 is 1.92 bits per heavy atom. The van der Waals surface area contributed by atoms with Crippen molar-refractivity contribution in [2.75, 3.05) is 5.32 Å². The summed E-state index contributed by atoms with van der Waals surface area (Å²) in [5.41, 5.74) is 2.14. The van der Waals surface area contributed by atoms with Gasteiger partial charge in [-0.15, -0.1) is 0 Å². The number of thioether (sulfide) groups is 1. The van der Waals surface area contributed by atoms with E-state index in [4.69, 9.17) is 5.11 Å². The van der Waals surface area contributed by atoms with Crippen LogP contribution in [0.15, 0.2) is 34.2 Å². The summed E-state index contributed by atoms with van der Waals surface area (Å²) >= 11 is 1.19. The van der Waals surface area contributed by atoms with Gasteiger partial charge in [0.15, 0.2) is 5.16 Å². The van der Waals surface area contributed by atoms with Gasteiger partial charge in [-0.25, -0.2) is 9.78 Å². The number of fused-ring (bicyclic) bond motifs is 1. The van der Waals surface area contributed by atoms with Gasteiger partial charge in [-0.05, 0) is 56.9 Å². The van der Waals surface area contributed by atoms with E-state index in [1.54, 1.807) is 6.92 Å². The topological polar surface area (TPSA) is 112 Å². The largest absolute Gasteiger partial charge is 0.478 e. The van der Waals surface area contributed by atoms with Crippen molar-refractivity contribution in [2.45, 2.75) is 43.0 Å². The monoisotopic (exact) mass is 373 g/mol. The molecule has 0 fully saturated rings. The quantitative estimate of drug-likeness (QED) is 0.548. The molecule has 1 unspecified atom stereocenters. The van der Waals surface area contributed by atoms with E-state index in [1.807, 2.05) is 0 Å². The molecule has 2 aromatic rings. The molecule has 0 aliphatic heterocycles. The number of carbonyl (C=O) groups is 2. The Morgan fingerprint density at radius 1 is 1.23 bits per heavy atom. The number of aromatic carboxylic acids is 1. The predicted octanol–water partition coefficient (Wildman–Crippen LogP) is 2.47. The summed E-state index contributed by atoms with van der Waals surface area (Å²) in [5, 5.41) is 11.6. The van der Waals surface area contributed by atoms with E-state index >= 15 is 0 Å². The van der Waals surface area contributed by atoms with Gasteiger partial charge >= 0.3 is 5.97 Å². The third-order valence-electron chi connectivity index (χ3n) is 4.23. The smallest absolute Gasteiger partial charge is 0.335 e. The summed E-state index contributed by atoms with van der Waals surface area (Å²) < 4.78 is 0. The number of amides is 1. The maximum atomic E-state index is 12.3. The lowest BCUT2D eigenvalue weighted by Crippen LogP contribution is -2.25. The van der Waals surface area contributed by atoms with Crippen molar-refractivity contribution in [3.05, 3.63) is 51.4 Å². The summed E-state index contributed by atoms with van der Waals surface area (Å²) in [6, 6.07) is 5.94. The molecule has 26 heavy (non-hydrogen) atoms. The van der Waals surface area contributed by atoms with Crippen molar-refractivity contribution >= 4 is 29.3 Å². The zero-order valence-electron chi connectivity index (χ0n) is 14.2. The van der Waals surface area contributed by atoms with Crippen molar-refractivity contribution < 1.29 is 14.7 Å². The molecule has 1 aliphatic rings. The van der Waals surface area contributed by atoms with Crippen LogP contribution >= 0.6 is 11.8 Å². The number of hydrogen-bond acceptors (Lipinski definition) is 5. The molecule has 7 nitrogen and oxygen atoms in total. The Bertz CT molecular complexity index is 892. The lowest BCUT2D eigenvalue weighted by molar-refractivity contribution is -0.115. The van der Waals surface area contributed by atoms with Gasteiger partial charge in [-0.1, -0.05) is 11.8 Å². The molecule has 136 valence electrons. The fraction of sp³-hybridized carbons (Fsp3) is 0.333. The van der Waals surface area contributed by atoms with Gasteiger partial charge in [0.1, 0.15) is 0 Å². The Morgan fingerprint density at radius 3 is 2.62 bits per heavy atom. The minimum atomic E-state index is -1.02. The first-order chi connectivity index (χ1) is 12.4. The van der Waals surface area contributed by atoms with Crippen molar-refractivity contribution in [3.8, 4) is 0 Å².